The SMILES string of the molecule is FC1(F)CCC2=C(C2)C1. The van der Waals surface area contributed by atoms with Gasteiger partial charge in [0, 0.05) is 12.8 Å². The average molecular weight is 130 g/mol. The monoisotopic (exact) mass is 130 g/mol. The Morgan fingerprint density at radius 3 is 2.56 bits per heavy atom. The van der Waals surface area contributed by atoms with Gasteiger partial charge in [-0.05, 0) is 12.8 Å². The zero-order valence-electron chi connectivity index (χ0n) is 5.08. The molecule has 0 nitrogen and oxygen atoms in total. The summed E-state index contributed by atoms with van der Waals surface area (Å²) in [5.41, 5.74) is 2.34. The van der Waals surface area contributed by atoms with Crippen LogP contribution in [0.5, 0.6) is 0 Å². The van der Waals surface area contributed by atoms with E-state index < -0.39 is 5.92 Å². The molecule has 2 rings (SSSR count). The van der Waals surface area contributed by atoms with Crippen LogP contribution in [0.2, 0.25) is 0 Å². The van der Waals surface area contributed by atoms with Gasteiger partial charge in [-0.25, -0.2) is 8.78 Å². The van der Waals surface area contributed by atoms with Crippen molar-refractivity contribution in [3.63, 3.8) is 0 Å². The molecule has 0 radical (unpaired) electrons. The third-order valence-corrected chi connectivity index (χ3v) is 2.07. The molecule has 2 aliphatic rings. The van der Waals surface area contributed by atoms with E-state index in [-0.39, 0.29) is 12.8 Å². The topological polar surface area (TPSA) is 0 Å². The van der Waals surface area contributed by atoms with Crippen LogP contribution in [-0.2, 0) is 0 Å². The van der Waals surface area contributed by atoms with E-state index in [0.717, 1.165) is 12.0 Å². The first-order valence-electron chi connectivity index (χ1n) is 3.25. The van der Waals surface area contributed by atoms with Crippen molar-refractivity contribution < 1.29 is 8.78 Å². The van der Waals surface area contributed by atoms with Crippen molar-refractivity contribution in [1.29, 1.82) is 0 Å². The Labute approximate surface area is 52.6 Å². The number of hydrogen-bond donors (Lipinski definition) is 0. The smallest absolute Gasteiger partial charge is 0.207 e. The summed E-state index contributed by atoms with van der Waals surface area (Å²) in [6.07, 6.45) is 1.71. The summed E-state index contributed by atoms with van der Waals surface area (Å²) < 4.78 is 24.9. The van der Waals surface area contributed by atoms with Crippen molar-refractivity contribution in [2.24, 2.45) is 0 Å². The normalized spacial score (nSPS) is 30.0. The van der Waals surface area contributed by atoms with Crippen LogP contribution in [0.25, 0.3) is 0 Å². The van der Waals surface area contributed by atoms with Crippen LogP contribution in [0.15, 0.2) is 11.1 Å². The highest BCUT2D eigenvalue weighted by atomic mass is 19.3. The number of alkyl halides is 2. The van der Waals surface area contributed by atoms with Crippen molar-refractivity contribution in [2.75, 3.05) is 0 Å². The largest absolute Gasteiger partial charge is 0.252 e. The second-order valence-electron chi connectivity index (χ2n) is 2.92. The maximum Gasteiger partial charge on any atom is 0.252 e. The van der Waals surface area contributed by atoms with E-state index in [1.54, 1.807) is 0 Å². The van der Waals surface area contributed by atoms with Gasteiger partial charge >= 0.3 is 0 Å². The van der Waals surface area contributed by atoms with E-state index in [9.17, 15) is 8.78 Å². The van der Waals surface area contributed by atoms with Crippen LogP contribution in [0.3, 0.4) is 0 Å². The molecule has 0 aromatic carbocycles. The molecule has 0 unspecified atom stereocenters. The molecule has 0 bridgehead atoms. The third-order valence-electron chi connectivity index (χ3n) is 2.07. The fourth-order valence-electron chi connectivity index (χ4n) is 1.40. The molecule has 0 saturated carbocycles. The summed E-state index contributed by atoms with van der Waals surface area (Å²) in [4.78, 5) is 0. The molecule has 50 valence electrons. The first-order valence-corrected chi connectivity index (χ1v) is 3.25. The highest BCUT2D eigenvalue weighted by Crippen LogP contribution is 2.48. The van der Waals surface area contributed by atoms with Gasteiger partial charge in [0.1, 0.15) is 0 Å². The number of halogens is 2. The summed E-state index contributed by atoms with van der Waals surface area (Å²) in [6, 6.07) is 0. The van der Waals surface area contributed by atoms with Gasteiger partial charge in [-0.3, -0.25) is 0 Å². The maximum atomic E-state index is 12.4. The molecule has 0 aromatic rings. The molecular formula is C7H8F2. The molecule has 0 N–H and O–H groups in total. The summed E-state index contributed by atoms with van der Waals surface area (Å²) in [5, 5.41) is 0. The minimum Gasteiger partial charge on any atom is -0.207 e. The van der Waals surface area contributed by atoms with Gasteiger partial charge in [0.25, 0.3) is 5.92 Å². The summed E-state index contributed by atoms with van der Waals surface area (Å²) in [5.74, 6) is -2.37. The van der Waals surface area contributed by atoms with Crippen molar-refractivity contribution >= 4 is 0 Å². The Kier molecular flexibility index (Phi) is 0.815. The van der Waals surface area contributed by atoms with Gasteiger partial charge in [-0.1, -0.05) is 11.1 Å². The van der Waals surface area contributed by atoms with Crippen molar-refractivity contribution in [1.82, 2.24) is 0 Å². The lowest BCUT2D eigenvalue weighted by Gasteiger charge is -2.15. The second-order valence-corrected chi connectivity index (χ2v) is 2.92. The van der Waals surface area contributed by atoms with Gasteiger partial charge in [0.05, 0.1) is 0 Å². The van der Waals surface area contributed by atoms with Crippen LogP contribution < -0.4 is 0 Å². The lowest BCUT2D eigenvalue weighted by Crippen LogP contribution is -2.16. The first-order chi connectivity index (χ1) is 4.17. The van der Waals surface area contributed by atoms with Crippen molar-refractivity contribution in [2.45, 2.75) is 31.6 Å². The zero-order chi connectivity index (χ0) is 6.48. The number of hydrogen-bond acceptors (Lipinski definition) is 0. The fraction of sp³-hybridized carbons (Fsp3) is 0.714. The first kappa shape index (κ1) is 5.39. The molecule has 9 heavy (non-hydrogen) atoms. The average Bonchev–Trinajstić information content (AvgIpc) is 2.41. The molecule has 0 aliphatic heterocycles. The summed E-state index contributed by atoms with van der Waals surface area (Å²) in [6.45, 7) is 0. The molecule has 0 fully saturated rings. The maximum absolute atomic E-state index is 12.4. The molecule has 2 aliphatic carbocycles. The van der Waals surface area contributed by atoms with Crippen LogP contribution in [0.4, 0.5) is 8.78 Å². The van der Waals surface area contributed by atoms with Gasteiger partial charge in [-0.15, -0.1) is 0 Å². The van der Waals surface area contributed by atoms with Gasteiger partial charge in [-0.2, -0.15) is 0 Å². The minimum atomic E-state index is -2.37. The lowest BCUT2D eigenvalue weighted by molar-refractivity contribution is -0.00763. The Morgan fingerprint density at radius 2 is 2.00 bits per heavy atom. The quantitative estimate of drug-likeness (QED) is 0.442. The molecule has 0 heterocycles. The Morgan fingerprint density at radius 1 is 1.22 bits per heavy atom. The van der Waals surface area contributed by atoms with E-state index in [4.69, 9.17) is 0 Å². The molecule has 0 amide bonds. The van der Waals surface area contributed by atoms with Gasteiger partial charge in [0.15, 0.2) is 0 Å². The standard InChI is InChI=1S/C7H8F2/c8-7(9)2-1-5-3-6(5)4-7/h1-4H2. The van der Waals surface area contributed by atoms with E-state index in [2.05, 4.69) is 0 Å². The number of rotatable bonds is 0. The van der Waals surface area contributed by atoms with E-state index in [1.165, 1.54) is 5.57 Å². The lowest BCUT2D eigenvalue weighted by atomic mass is 10.0. The molecule has 0 atom stereocenters. The highest BCUT2D eigenvalue weighted by Gasteiger charge is 2.40. The molecule has 0 saturated heterocycles. The predicted octanol–water partition coefficient (Wildman–Crippen LogP) is 2.51. The number of allylic oxidation sites excluding steroid dienone is 2. The fourth-order valence-corrected chi connectivity index (χ4v) is 1.40. The third kappa shape index (κ3) is 0.865. The van der Waals surface area contributed by atoms with Crippen LogP contribution in [-0.4, -0.2) is 5.92 Å². The van der Waals surface area contributed by atoms with Crippen molar-refractivity contribution in [3.8, 4) is 0 Å². The van der Waals surface area contributed by atoms with Crippen LogP contribution in [0, 0.1) is 0 Å². The second kappa shape index (κ2) is 1.36. The predicted molar refractivity (Wildman–Crippen MR) is 30.4 cm³/mol. The van der Waals surface area contributed by atoms with Gasteiger partial charge < -0.3 is 0 Å². The summed E-state index contributed by atoms with van der Waals surface area (Å²) in [7, 11) is 0. The zero-order valence-corrected chi connectivity index (χ0v) is 5.08. The highest BCUT2D eigenvalue weighted by molar-refractivity contribution is 5.38. The summed E-state index contributed by atoms with van der Waals surface area (Å²) >= 11 is 0. The Hall–Kier alpha value is -0.400. The van der Waals surface area contributed by atoms with Gasteiger partial charge in [0.2, 0.25) is 0 Å². The van der Waals surface area contributed by atoms with Crippen LogP contribution >= 0.6 is 0 Å². The van der Waals surface area contributed by atoms with E-state index in [1.807, 2.05) is 0 Å². The molecule has 2 heteroatoms. The molecule has 0 aromatic heterocycles. The van der Waals surface area contributed by atoms with Crippen molar-refractivity contribution in [3.05, 3.63) is 11.1 Å². The minimum absolute atomic E-state index is 0.0579. The van der Waals surface area contributed by atoms with Crippen LogP contribution in [0.1, 0.15) is 25.7 Å². The molecule has 0 spiro atoms. The Balaban J connectivity index is 2.14. The Bertz CT molecular complexity index is 179. The van der Waals surface area contributed by atoms with E-state index in [0.29, 0.717) is 6.42 Å². The van der Waals surface area contributed by atoms with E-state index >= 15 is 0 Å². The molecular weight excluding hydrogens is 122 g/mol.